The fraction of sp³-hybridized carbons (Fsp3) is 0.632. The molecule has 2 N–H and O–H groups in total. The van der Waals surface area contributed by atoms with E-state index in [0.717, 1.165) is 36.6 Å². The van der Waals surface area contributed by atoms with Crippen LogP contribution < -0.4 is 20.1 Å². The van der Waals surface area contributed by atoms with Gasteiger partial charge in [0.05, 0.1) is 26.3 Å². The van der Waals surface area contributed by atoms with E-state index in [9.17, 15) is 4.79 Å². The normalized spacial score (nSPS) is 20.6. The summed E-state index contributed by atoms with van der Waals surface area (Å²) in [6, 6.07) is 5.76. The standard InChI is InChI=1S/C19H31N3O3/c1-13(17-11-16(24-4)8-9-18(17)25-5)21-19(23)14(2)22-10-6-7-15(12-22)20-3/h8-9,11,13-15,20H,6-7,10,12H2,1-5H3,(H,21,23). The molecular weight excluding hydrogens is 318 g/mol. The maximum Gasteiger partial charge on any atom is 0.237 e. The molecule has 0 aromatic heterocycles. The van der Waals surface area contributed by atoms with Crippen LogP contribution in [-0.2, 0) is 4.79 Å². The summed E-state index contributed by atoms with van der Waals surface area (Å²) in [5.74, 6) is 1.53. The minimum absolute atomic E-state index is 0.0362. The number of hydrogen-bond donors (Lipinski definition) is 2. The first-order valence-corrected chi connectivity index (χ1v) is 8.93. The summed E-state index contributed by atoms with van der Waals surface area (Å²) >= 11 is 0. The first kappa shape index (κ1) is 19.5. The topological polar surface area (TPSA) is 62.8 Å². The summed E-state index contributed by atoms with van der Waals surface area (Å²) in [6.45, 7) is 5.81. The first-order valence-electron chi connectivity index (χ1n) is 8.93. The van der Waals surface area contributed by atoms with Crippen molar-refractivity contribution in [3.63, 3.8) is 0 Å². The van der Waals surface area contributed by atoms with Gasteiger partial charge in [0, 0.05) is 18.2 Å². The molecule has 1 heterocycles. The lowest BCUT2D eigenvalue weighted by Crippen LogP contribution is -2.52. The van der Waals surface area contributed by atoms with Gasteiger partial charge in [-0.05, 0) is 58.5 Å². The molecule has 1 aromatic carbocycles. The van der Waals surface area contributed by atoms with Gasteiger partial charge >= 0.3 is 0 Å². The minimum Gasteiger partial charge on any atom is -0.497 e. The monoisotopic (exact) mass is 349 g/mol. The van der Waals surface area contributed by atoms with Crippen LogP contribution >= 0.6 is 0 Å². The van der Waals surface area contributed by atoms with Gasteiger partial charge in [-0.2, -0.15) is 0 Å². The lowest BCUT2D eigenvalue weighted by molar-refractivity contribution is -0.127. The number of hydrogen-bond acceptors (Lipinski definition) is 5. The highest BCUT2D eigenvalue weighted by Gasteiger charge is 2.28. The van der Waals surface area contributed by atoms with Crippen LogP contribution in [0.4, 0.5) is 0 Å². The summed E-state index contributed by atoms with van der Waals surface area (Å²) < 4.78 is 10.7. The number of rotatable bonds is 7. The quantitative estimate of drug-likeness (QED) is 0.788. The van der Waals surface area contributed by atoms with Crippen molar-refractivity contribution in [3.8, 4) is 11.5 Å². The minimum atomic E-state index is -0.162. The van der Waals surface area contributed by atoms with E-state index in [1.165, 1.54) is 6.42 Å². The number of nitrogens with one attached hydrogen (secondary N) is 2. The number of carbonyl (C=O) groups is 1. The van der Waals surface area contributed by atoms with E-state index >= 15 is 0 Å². The second-order valence-corrected chi connectivity index (χ2v) is 6.64. The molecular formula is C19H31N3O3. The van der Waals surface area contributed by atoms with Gasteiger partial charge in [0.1, 0.15) is 11.5 Å². The molecule has 3 atom stereocenters. The van der Waals surface area contributed by atoms with Crippen LogP contribution in [0.1, 0.15) is 38.3 Å². The molecule has 1 amide bonds. The SMILES string of the molecule is CNC1CCCN(C(C)C(=O)NC(C)c2cc(OC)ccc2OC)C1. The van der Waals surface area contributed by atoms with E-state index in [2.05, 4.69) is 15.5 Å². The van der Waals surface area contributed by atoms with Gasteiger partial charge in [-0.3, -0.25) is 9.69 Å². The highest BCUT2D eigenvalue weighted by atomic mass is 16.5. The number of likely N-dealkylation sites (N-methyl/N-ethyl adjacent to an activating group) is 1. The first-order chi connectivity index (χ1) is 12.0. The van der Waals surface area contributed by atoms with E-state index in [1.54, 1.807) is 14.2 Å². The Bertz CT molecular complexity index is 579. The Morgan fingerprint density at radius 1 is 1.28 bits per heavy atom. The summed E-state index contributed by atoms with van der Waals surface area (Å²) in [6.07, 6.45) is 2.28. The number of ether oxygens (including phenoxy) is 2. The fourth-order valence-corrected chi connectivity index (χ4v) is 3.35. The number of carbonyl (C=O) groups excluding carboxylic acids is 1. The predicted molar refractivity (Wildman–Crippen MR) is 99.2 cm³/mol. The Morgan fingerprint density at radius 3 is 2.68 bits per heavy atom. The average molecular weight is 349 g/mol. The van der Waals surface area contributed by atoms with Crippen molar-refractivity contribution in [1.82, 2.24) is 15.5 Å². The Labute approximate surface area is 150 Å². The van der Waals surface area contributed by atoms with Gasteiger partial charge in [-0.15, -0.1) is 0 Å². The van der Waals surface area contributed by atoms with Gasteiger partial charge in [0.2, 0.25) is 5.91 Å². The molecule has 25 heavy (non-hydrogen) atoms. The number of amides is 1. The van der Waals surface area contributed by atoms with Gasteiger partial charge in [-0.25, -0.2) is 0 Å². The van der Waals surface area contributed by atoms with Crippen LogP contribution in [0.2, 0.25) is 0 Å². The Morgan fingerprint density at radius 2 is 2.04 bits per heavy atom. The predicted octanol–water partition coefficient (Wildman–Crippen LogP) is 1.95. The maximum atomic E-state index is 12.7. The molecule has 0 saturated carbocycles. The van der Waals surface area contributed by atoms with Crippen molar-refractivity contribution in [2.45, 2.75) is 44.8 Å². The Balaban J connectivity index is 2.04. The summed E-state index contributed by atoms with van der Waals surface area (Å²) in [4.78, 5) is 15.0. The van der Waals surface area contributed by atoms with Gasteiger partial charge in [0.15, 0.2) is 0 Å². The van der Waals surface area contributed by atoms with Gasteiger partial charge in [-0.1, -0.05) is 0 Å². The van der Waals surface area contributed by atoms with Crippen molar-refractivity contribution < 1.29 is 14.3 Å². The molecule has 1 saturated heterocycles. The second kappa shape index (κ2) is 9.06. The molecule has 3 unspecified atom stereocenters. The van der Waals surface area contributed by atoms with Gasteiger partial charge < -0.3 is 20.1 Å². The average Bonchev–Trinajstić information content (AvgIpc) is 2.66. The third-order valence-corrected chi connectivity index (χ3v) is 5.05. The number of piperidine rings is 1. The van der Waals surface area contributed by atoms with E-state index in [4.69, 9.17) is 9.47 Å². The molecule has 0 bridgehead atoms. The van der Waals surface area contributed by atoms with Crippen LogP contribution in [-0.4, -0.2) is 57.2 Å². The van der Waals surface area contributed by atoms with E-state index in [1.807, 2.05) is 39.1 Å². The van der Waals surface area contributed by atoms with Crippen LogP contribution in [0.15, 0.2) is 18.2 Å². The zero-order chi connectivity index (χ0) is 18.4. The van der Waals surface area contributed by atoms with Crippen molar-refractivity contribution in [3.05, 3.63) is 23.8 Å². The highest BCUT2D eigenvalue weighted by molar-refractivity contribution is 5.81. The molecule has 6 heteroatoms. The molecule has 1 aliphatic rings. The Kier molecular flexibility index (Phi) is 7.08. The molecule has 0 aliphatic carbocycles. The van der Waals surface area contributed by atoms with Crippen LogP contribution in [0.5, 0.6) is 11.5 Å². The van der Waals surface area contributed by atoms with Crippen molar-refractivity contribution in [2.24, 2.45) is 0 Å². The lowest BCUT2D eigenvalue weighted by Gasteiger charge is -2.36. The van der Waals surface area contributed by atoms with Crippen LogP contribution in [0, 0.1) is 0 Å². The highest BCUT2D eigenvalue weighted by Crippen LogP contribution is 2.29. The van der Waals surface area contributed by atoms with Crippen molar-refractivity contribution in [1.29, 1.82) is 0 Å². The number of methoxy groups -OCH3 is 2. The molecule has 1 fully saturated rings. The summed E-state index contributed by atoms with van der Waals surface area (Å²) in [5, 5.41) is 6.43. The fourth-order valence-electron chi connectivity index (χ4n) is 3.35. The van der Waals surface area contributed by atoms with Crippen LogP contribution in [0.25, 0.3) is 0 Å². The number of likely N-dealkylation sites (tertiary alicyclic amines) is 1. The van der Waals surface area contributed by atoms with E-state index in [-0.39, 0.29) is 18.0 Å². The maximum absolute atomic E-state index is 12.7. The molecule has 1 aromatic rings. The lowest BCUT2D eigenvalue weighted by atomic mass is 10.0. The molecule has 6 nitrogen and oxygen atoms in total. The number of nitrogens with zero attached hydrogens (tertiary/aromatic N) is 1. The van der Waals surface area contributed by atoms with E-state index in [0.29, 0.717) is 6.04 Å². The van der Waals surface area contributed by atoms with Crippen LogP contribution in [0.3, 0.4) is 0 Å². The van der Waals surface area contributed by atoms with Crippen molar-refractivity contribution in [2.75, 3.05) is 34.4 Å². The van der Waals surface area contributed by atoms with E-state index < -0.39 is 0 Å². The summed E-state index contributed by atoms with van der Waals surface area (Å²) in [7, 11) is 5.25. The molecule has 0 spiro atoms. The third-order valence-electron chi connectivity index (χ3n) is 5.05. The zero-order valence-electron chi connectivity index (χ0n) is 16.0. The zero-order valence-corrected chi connectivity index (χ0v) is 16.0. The smallest absolute Gasteiger partial charge is 0.237 e. The second-order valence-electron chi connectivity index (χ2n) is 6.64. The van der Waals surface area contributed by atoms with Crippen molar-refractivity contribution >= 4 is 5.91 Å². The molecule has 1 aliphatic heterocycles. The van der Waals surface area contributed by atoms with Gasteiger partial charge in [0.25, 0.3) is 0 Å². The summed E-state index contributed by atoms with van der Waals surface area (Å²) in [5.41, 5.74) is 0.911. The molecule has 2 rings (SSSR count). The largest absolute Gasteiger partial charge is 0.497 e. The Hall–Kier alpha value is -1.79. The molecule has 0 radical (unpaired) electrons. The third kappa shape index (κ3) is 4.86. The number of benzene rings is 1. The molecule has 140 valence electrons.